The van der Waals surface area contributed by atoms with Crippen LogP contribution < -0.4 is 5.73 Å². The zero-order valence-corrected chi connectivity index (χ0v) is 12.3. The van der Waals surface area contributed by atoms with Crippen LogP contribution in [0.1, 0.15) is 27.6 Å². The van der Waals surface area contributed by atoms with E-state index >= 15 is 0 Å². The van der Waals surface area contributed by atoms with Gasteiger partial charge in [0, 0.05) is 11.8 Å². The number of hydrogen-bond donors (Lipinski definition) is 1. The van der Waals surface area contributed by atoms with Crippen LogP contribution in [-0.4, -0.2) is 23.0 Å². The van der Waals surface area contributed by atoms with Gasteiger partial charge >= 0.3 is 5.97 Å². The molecule has 0 aliphatic heterocycles. The Bertz CT molecular complexity index is 620. The minimum Gasteiger partial charge on any atom is -0.465 e. The zero-order valence-electron chi connectivity index (χ0n) is 11.5. The second-order valence-electron chi connectivity index (χ2n) is 4.18. The second kappa shape index (κ2) is 5.96. The Labute approximate surface area is 120 Å². The fraction of sp³-hybridized carbons (Fsp3) is 0.308. The fourth-order valence-electron chi connectivity index (χ4n) is 1.69. The number of esters is 1. The number of aryl methyl sites for hydroxylation is 2. The van der Waals surface area contributed by atoms with Gasteiger partial charge in [-0.3, -0.25) is 0 Å². The van der Waals surface area contributed by atoms with Crippen LogP contribution in [0.3, 0.4) is 0 Å². The van der Waals surface area contributed by atoms with Crippen molar-refractivity contribution in [3.63, 3.8) is 0 Å². The van der Waals surface area contributed by atoms with E-state index in [1.807, 2.05) is 6.92 Å². The van der Waals surface area contributed by atoms with Crippen LogP contribution in [0.4, 0.5) is 5.82 Å². The Kier molecular flexibility index (Phi) is 4.29. The minimum absolute atomic E-state index is 0.404. The number of carbonyl (C=O) groups excluding carboxylic acids is 1. The van der Waals surface area contributed by atoms with Crippen LogP contribution in [0.15, 0.2) is 21.7 Å². The van der Waals surface area contributed by atoms with Crippen molar-refractivity contribution in [3.8, 4) is 0 Å². The summed E-state index contributed by atoms with van der Waals surface area (Å²) in [6, 6.07) is 3.38. The first-order valence-electron chi connectivity index (χ1n) is 5.91. The highest BCUT2D eigenvalue weighted by Crippen LogP contribution is 2.24. The molecule has 2 aromatic rings. The number of nitrogen functional groups attached to an aromatic ring is 1. The highest BCUT2D eigenvalue weighted by Gasteiger charge is 2.15. The van der Waals surface area contributed by atoms with E-state index < -0.39 is 5.97 Å². The van der Waals surface area contributed by atoms with Gasteiger partial charge in [0.15, 0.2) is 5.16 Å². The number of thioether (sulfide) groups is 1. The summed E-state index contributed by atoms with van der Waals surface area (Å²) in [6.45, 7) is 3.58. The first-order chi connectivity index (χ1) is 9.49. The van der Waals surface area contributed by atoms with Crippen molar-refractivity contribution in [1.29, 1.82) is 0 Å². The summed E-state index contributed by atoms with van der Waals surface area (Å²) in [7, 11) is 1.34. The Balaban J connectivity index is 2.09. The molecule has 0 amide bonds. The molecule has 0 spiro atoms. The molecule has 0 fully saturated rings. The molecule has 2 N–H and O–H groups in total. The number of nitrogens with two attached hydrogens (primary N) is 1. The average Bonchev–Trinajstić information content (AvgIpc) is 2.76. The molecule has 0 radical (unpaired) electrons. The molecule has 0 saturated heterocycles. The van der Waals surface area contributed by atoms with E-state index in [-0.39, 0.29) is 0 Å². The summed E-state index contributed by atoms with van der Waals surface area (Å²) in [5, 5.41) is 0.580. The van der Waals surface area contributed by atoms with Gasteiger partial charge in [0.05, 0.1) is 12.9 Å². The number of anilines is 1. The van der Waals surface area contributed by atoms with Crippen molar-refractivity contribution >= 4 is 23.5 Å². The maximum absolute atomic E-state index is 11.5. The van der Waals surface area contributed by atoms with Gasteiger partial charge in [-0.15, -0.1) is 0 Å². The molecule has 0 aliphatic carbocycles. The molecule has 0 atom stereocenters. The predicted molar refractivity (Wildman–Crippen MR) is 75.5 cm³/mol. The maximum Gasteiger partial charge on any atom is 0.341 e. The molecular formula is C13H15N3O3S. The number of ether oxygens (including phenoxy) is 1. The number of carbonyl (C=O) groups is 1. The molecule has 0 aromatic carbocycles. The lowest BCUT2D eigenvalue weighted by atomic mass is 10.2. The minimum atomic E-state index is -0.404. The Morgan fingerprint density at radius 2 is 2.15 bits per heavy atom. The van der Waals surface area contributed by atoms with E-state index in [0.717, 1.165) is 5.69 Å². The third kappa shape index (κ3) is 3.30. The van der Waals surface area contributed by atoms with Gasteiger partial charge in [0.25, 0.3) is 0 Å². The number of rotatable bonds is 4. The van der Waals surface area contributed by atoms with Crippen LogP contribution in [0.2, 0.25) is 0 Å². The van der Waals surface area contributed by atoms with Crippen molar-refractivity contribution in [2.75, 3.05) is 12.8 Å². The molecule has 106 valence electrons. The van der Waals surface area contributed by atoms with Crippen LogP contribution in [0.5, 0.6) is 0 Å². The standard InChI is InChI=1S/C13H15N3O3S/c1-7-4-11(14)16-13(15-7)20-6-9-5-10(8(2)19-9)12(17)18-3/h4-5H,6H2,1-3H3,(H2,14,15,16). The third-order valence-electron chi connectivity index (χ3n) is 2.57. The van der Waals surface area contributed by atoms with Crippen LogP contribution in [0, 0.1) is 13.8 Å². The maximum atomic E-state index is 11.5. The fourth-order valence-corrected chi connectivity index (χ4v) is 2.48. The summed E-state index contributed by atoms with van der Waals surface area (Å²) >= 11 is 1.40. The summed E-state index contributed by atoms with van der Waals surface area (Å²) in [4.78, 5) is 19.9. The van der Waals surface area contributed by atoms with E-state index in [1.54, 1.807) is 19.1 Å². The molecule has 2 heterocycles. The second-order valence-corrected chi connectivity index (χ2v) is 5.12. The molecule has 0 saturated carbocycles. The number of nitrogens with zero attached hydrogens (tertiary/aromatic N) is 2. The van der Waals surface area contributed by atoms with Crippen molar-refractivity contribution in [3.05, 3.63) is 34.9 Å². The predicted octanol–water partition coefficient (Wildman–Crippen LogP) is 2.35. The Morgan fingerprint density at radius 1 is 1.40 bits per heavy atom. The van der Waals surface area contributed by atoms with E-state index in [9.17, 15) is 4.79 Å². The van der Waals surface area contributed by atoms with E-state index in [0.29, 0.717) is 33.8 Å². The van der Waals surface area contributed by atoms with E-state index in [4.69, 9.17) is 10.2 Å². The van der Waals surface area contributed by atoms with Gasteiger partial charge in [-0.05, 0) is 19.9 Å². The number of furan rings is 1. The van der Waals surface area contributed by atoms with Gasteiger partial charge in [-0.25, -0.2) is 14.8 Å². The lowest BCUT2D eigenvalue weighted by Gasteiger charge is -2.01. The number of hydrogen-bond acceptors (Lipinski definition) is 7. The third-order valence-corrected chi connectivity index (χ3v) is 3.44. The molecule has 2 rings (SSSR count). The molecule has 0 bridgehead atoms. The van der Waals surface area contributed by atoms with Gasteiger partial charge in [-0.2, -0.15) is 0 Å². The first kappa shape index (κ1) is 14.4. The molecule has 6 nitrogen and oxygen atoms in total. The van der Waals surface area contributed by atoms with Gasteiger partial charge in [0.2, 0.25) is 0 Å². The summed E-state index contributed by atoms with van der Waals surface area (Å²) in [6.07, 6.45) is 0. The van der Waals surface area contributed by atoms with Crippen molar-refractivity contribution in [2.45, 2.75) is 24.8 Å². The number of methoxy groups -OCH3 is 1. The Morgan fingerprint density at radius 3 is 2.80 bits per heavy atom. The SMILES string of the molecule is COC(=O)c1cc(CSc2nc(C)cc(N)n2)oc1C. The van der Waals surface area contributed by atoms with Crippen molar-refractivity contribution < 1.29 is 13.9 Å². The summed E-state index contributed by atoms with van der Waals surface area (Å²) < 4.78 is 10.2. The van der Waals surface area contributed by atoms with Gasteiger partial charge in [0.1, 0.15) is 22.9 Å². The first-order valence-corrected chi connectivity index (χ1v) is 6.89. The largest absolute Gasteiger partial charge is 0.465 e. The van der Waals surface area contributed by atoms with Crippen LogP contribution in [-0.2, 0) is 10.5 Å². The molecular weight excluding hydrogens is 278 g/mol. The van der Waals surface area contributed by atoms with Crippen LogP contribution >= 0.6 is 11.8 Å². The van der Waals surface area contributed by atoms with Crippen molar-refractivity contribution in [1.82, 2.24) is 9.97 Å². The zero-order chi connectivity index (χ0) is 14.7. The summed E-state index contributed by atoms with van der Waals surface area (Å²) in [5.41, 5.74) is 6.91. The quantitative estimate of drug-likeness (QED) is 0.525. The molecule has 20 heavy (non-hydrogen) atoms. The topological polar surface area (TPSA) is 91.2 Å². The highest BCUT2D eigenvalue weighted by atomic mass is 32.2. The van der Waals surface area contributed by atoms with Crippen LogP contribution in [0.25, 0.3) is 0 Å². The Hall–Kier alpha value is -2.02. The lowest BCUT2D eigenvalue weighted by Crippen LogP contribution is -2.00. The van der Waals surface area contributed by atoms with Gasteiger partial charge in [-0.1, -0.05) is 11.8 Å². The molecule has 0 aliphatic rings. The normalized spacial score (nSPS) is 10.6. The molecule has 7 heteroatoms. The summed E-state index contributed by atoms with van der Waals surface area (Å²) in [5.74, 6) is 1.75. The van der Waals surface area contributed by atoms with Crippen molar-refractivity contribution in [2.24, 2.45) is 0 Å². The van der Waals surface area contributed by atoms with E-state index in [2.05, 4.69) is 14.7 Å². The smallest absolute Gasteiger partial charge is 0.341 e. The molecule has 0 unspecified atom stereocenters. The average molecular weight is 293 g/mol. The van der Waals surface area contributed by atoms with E-state index in [1.165, 1.54) is 18.9 Å². The monoisotopic (exact) mass is 293 g/mol. The number of aromatic nitrogens is 2. The van der Waals surface area contributed by atoms with Gasteiger partial charge < -0.3 is 14.9 Å². The molecule has 2 aromatic heterocycles. The highest BCUT2D eigenvalue weighted by molar-refractivity contribution is 7.98. The lowest BCUT2D eigenvalue weighted by molar-refractivity contribution is 0.0599.